The molecule has 0 unspecified atom stereocenters. The predicted octanol–water partition coefficient (Wildman–Crippen LogP) is 4.86. The van der Waals surface area contributed by atoms with Gasteiger partial charge in [-0.2, -0.15) is 0 Å². The monoisotopic (exact) mass is 398 g/mol. The van der Waals surface area contributed by atoms with E-state index in [2.05, 4.69) is 19.2 Å². The van der Waals surface area contributed by atoms with Gasteiger partial charge in [0, 0.05) is 19.5 Å². The van der Waals surface area contributed by atoms with Crippen molar-refractivity contribution >= 4 is 11.8 Å². The van der Waals surface area contributed by atoms with E-state index in [1.54, 1.807) is 17.0 Å². The SMILES string of the molecule is CCCC(=O)N(Cc1ccc(F)cc1)[C@H](C(=O)NCCC(C)C)c1ccccc1. The topological polar surface area (TPSA) is 49.4 Å². The van der Waals surface area contributed by atoms with Crippen molar-refractivity contribution in [2.45, 2.75) is 52.6 Å². The highest BCUT2D eigenvalue weighted by Gasteiger charge is 2.30. The molecule has 0 heterocycles. The van der Waals surface area contributed by atoms with E-state index in [1.165, 1.54) is 12.1 Å². The molecule has 4 nitrogen and oxygen atoms in total. The van der Waals surface area contributed by atoms with Crippen molar-refractivity contribution in [3.05, 3.63) is 71.5 Å². The Morgan fingerprint density at radius 1 is 1.03 bits per heavy atom. The third-order valence-electron chi connectivity index (χ3n) is 4.75. The van der Waals surface area contributed by atoms with Crippen LogP contribution in [0.5, 0.6) is 0 Å². The maximum absolute atomic E-state index is 13.3. The number of rotatable bonds is 10. The van der Waals surface area contributed by atoms with Gasteiger partial charge in [-0.1, -0.05) is 63.2 Å². The summed E-state index contributed by atoms with van der Waals surface area (Å²) in [6.45, 7) is 6.95. The fourth-order valence-corrected chi connectivity index (χ4v) is 3.16. The van der Waals surface area contributed by atoms with Crippen molar-refractivity contribution < 1.29 is 14.0 Å². The van der Waals surface area contributed by atoms with Crippen molar-refractivity contribution in [1.82, 2.24) is 10.2 Å². The Kier molecular flexibility index (Phi) is 8.84. The number of hydrogen-bond donors (Lipinski definition) is 1. The number of nitrogens with zero attached hydrogens (tertiary/aromatic N) is 1. The highest BCUT2D eigenvalue weighted by Crippen LogP contribution is 2.25. The fourth-order valence-electron chi connectivity index (χ4n) is 3.16. The minimum Gasteiger partial charge on any atom is -0.354 e. The summed E-state index contributed by atoms with van der Waals surface area (Å²) in [7, 11) is 0. The Labute approximate surface area is 173 Å². The first kappa shape index (κ1) is 22.6. The summed E-state index contributed by atoms with van der Waals surface area (Å²) < 4.78 is 13.3. The van der Waals surface area contributed by atoms with Gasteiger partial charge in [0.15, 0.2) is 0 Å². The van der Waals surface area contributed by atoms with Crippen LogP contribution < -0.4 is 5.32 Å². The van der Waals surface area contributed by atoms with Crippen LogP contribution in [0.25, 0.3) is 0 Å². The Bertz CT molecular complexity index is 775. The third kappa shape index (κ3) is 7.00. The molecular weight excluding hydrogens is 367 g/mol. The van der Waals surface area contributed by atoms with Gasteiger partial charge >= 0.3 is 0 Å². The molecule has 2 aromatic rings. The molecule has 0 saturated carbocycles. The molecule has 0 aliphatic heterocycles. The van der Waals surface area contributed by atoms with Gasteiger partial charge in [-0.25, -0.2) is 4.39 Å². The number of hydrogen-bond acceptors (Lipinski definition) is 2. The molecule has 0 radical (unpaired) electrons. The van der Waals surface area contributed by atoms with E-state index in [4.69, 9.17) is 0 Å². The lowest BCUT2D eigenvalue weighted by molar-refractivity contribution is -0.141. The van der Waals surface area contributed by atoms with Crippen LogP contribution in [0.1, 0.15) is 57.2 Å². The van der Waals surface area contributed by atoms with Gasteiger partial charge in [0.25, 0.3) is 0 Å². The summed E-state index contributed by atoms with van der Waals surface area (Å²) in [4.78, 5) is 27.8. The van der Waals surface area contributed by atoms with Crippen molar-refractivity contribution in [2.24, 2.45) is 5.92 Å². The molecule has 0 aromatic heterocycles. The van der Waals surface area contributed by atoms with E-state index in [-0.39, 0.29) is 24.2 Å². The first-order valence-electron chi connectivity index (χ1n) is 10.3. The summed E-state index contributed by atoms with van der Waals surface area (Å²) in [5.41, 5.74) is 1.55. The highest BCUT2D eigenvalue weighted by molar-refractivity contribution is 5.88. The summed E-state index contributed by atoms with van der Waals surface area (Å²) in [5, 5.41) is 2.99. The number of amides is 2. The van der Waals surface area contributed by atoms with Gasteiger partial charge in [0.1, 0.15) is 11.9 Å². The van der Waals surface area contributed by atoms with Gasteiger partial charge < -0.3 is 10.2 Å². The number of carbonyl (C=O) groups excluding carboxylic acids is 2. The fraction of sp³-hybridized carbons (Fsp3) is 0.417. The highest BCUT2D eigenvalue weighted by atomic mass is 19.1. The van der Waals surface area contributed by atoms with Crippen LogP contribution in [0.4, 0.5) is 4.39 Å². The largest absolute Gasteiger partial charge is 0.354 e. The summed E-state index contributed by atoms with van der Waals surface area (Å²) >= 11 is 0. The summed E-state index contributed by atoms with van der Waals surface area (Å²) in [5.74, 6) is -0.137. The molecule has 2 aromatic carbocycles. The molecule has 5 heteroatoms. The van der Waals surface area contributed by atoms with Gasteiger partial charge in [0.2, 0.25) is 11.8 Å². The van der Waals surface area contributed by atoms with Crippen molar-refractivity contribution in [3.63, 3.8) is 0 Å². The molecule has 0 fully saturated rings. The maximum Gasteiger partial charge on any atom is 0.247 e. The number of halogens is 1. The Balaban J connectivity index is 2.35. The summed E-state index contributed by atoms with van der Waals surface area (Å²) in [6.07, 6.45) is 1.91. The van der Waals surface area contributed by atoms with Crippen molar-refractivity contribution in [3.8, 4) is 0 Å². The van der Waals surface area contributed by atoms with Crippen LogP contribution in [0.3, 0.4) is 0 Å². The lowest BCUT2D eigenvalue weighted by Gasteiger charge is -2.32. The quantitative estimate of drug-likeness (QED) is 0.621. The van der Waals surface area contributed by atoms with E-state index >= 15 is 0 Å². The van der Waals surface area contributed by atoms with Crippen molar-refractivity contribution in [1.29, 1.82) is 0 Å². The first-order chi connectivity index (χ1) is 13.9. The lowest BCUT2D eigenvalue weighted by atomic mass is 10.0. The molecule has 0 aliphatic rings. The predicted molar refractivity (Wildman–Crippen MR) is 114 cm³/mol. The Morgan fingerprint density at radius 3 is 2.28 bits per heavy atom. The van der Waals surface area contributed by atoms with Gasteiger partial charge in [-0.15, -0.1) is 0 Å². The first-order valence-corrected chi connectivity index (χ1v) is 10.3. The standard InChI is InChI=1S/C24H31FN2O2/c1-4-8-22(28)27(17-19-11-13-21(25)14-12-19)23(20-9-6-5-7-10-20)24(29)26-16-15-18(2)3/h5-7,9-14,18,23H,4,8,15-17H2,1-3H3,(H,26,29)/t23-/m0/s1. The van der Waals surface area contributed by atoms with Crippen LogP contribution in [0.2, 0.25) is 0 Å². The van der Waals surface area contributed by atoms with Crippen LogP contribution in [0.15, 0.2) is 54.6 Å². The molecule has 0 saturated heterocycles. The molecule has 0 spiro atoms. The molecule has 0 aliphatic carbocycles. The van der Waals surface area contributed by atoms with E-state index in [0.29, 0.717) is 25.3 Å². The number of nitrogens with one attached hydrogen (secondary N) is 1. The van der Waals surface area contributed by atoms with Crippen molar-refractivity contribution in [2.75, 3.05) is 6.54 Å². The van der Waals surface area contributed by atoms with E-state index in [9.17, 15) is 14.0 Å². The van der Waals surface area contributed by atoms with Crippen LogP contribution in [-0.2, 0) is 16.1 Å². The summed E-state index contributed by atoms with van der Waals surface area (Å²) in [6, 6.07) is 14.7. The third-order valence-corrected chi connectivity index (χ3v) is 4.75. The molecule has 156 valence electrons. The minimum absolute atomic E-state index is 0.0929. The van der Waals surface area contributed by atoms with Gasteiger partial charge in [-0.3, -0.25) is 9.59 Å². The Hall–Kier alpha value is -2.69. The molecule has 29 heavy (non-hydrogen) atoms. The molecular formula is C24H31FN2O2. The van der Waals surface area contributed by atoms with Gasteiger partial charge in [-0.05, 0) is 42.0 Å². The van der Waals surface area contributed by atoms with Gasteiger partial charge in [0.05, 0.1) is 0 Å². The average molecular weight is 399 g/mol. The zero-order valence-electron chi connectivity index (χ0n) is 17.5. The normalized spacial score (nSPS) is 11.9. The maximum atomic E-state index is 13.3. The van der Waals surface area contributed by atoms with Crippen LogP contribution in [0, 0.1) is 11.7 Å². The number of benzene rings is 2. The minimum atomic E-state index is -0.729. The number of carbonyl (C=O) groups is 2. The second kappa shape index (κ2) is 11.3. The second-order valence-electron chi connectivity index (χ2n) is 7.68. The molecule has 2 rings (SSSR count). The lowest BCUT2D eigenvalue weighted by Crippen LogP contribution is -2.43. The molecule has 1 N–H and O–H groups in total. The molecule has 1 atom stereocenters. The van der Waals surface area contributed by atoms with E-state index in [1.807, 2.05) is 37.3 Å². The zero-order chi connectivity index (χ0) is 21.2. The Morgan fingerprint density at radius 2 is 1.69 bits per heavy atom. The van der Waals surface area contributed by atoms with E-state index < -0.39 is 6.04 Å². The van der Waals surface area contributed by atoms with Crippen LogP contribution in [-0.4, -0.2) is 23.3 Å². The molecule has 2 amide bonds. The molecule has 0 bridgehead atoms. The second-order valence-corrected chi connectivity index (χ2v) is 7.68. The van der Waals surface area contributed by atoms with Crippen LogP contribution >= 0.6 is 0 Å². The van der Waals surface area contributed by atoms with E-state index in [0.717, 1.165) is 17.5 Å². The average Bonchev–Trinajstić information content (AvgIpc) is 2.69. The zero-order valence-corrected chi connectivity index (χ0v) is 17.5. The smallest absolute Gasteiger partial charge is 0.247 e.